The summed E-state index contributed by atoms with van der Waals surface area (Å²) in [5, 5.41) is 0. The Balaban J connectivity index is 2.05. The first-order chi connectivity index (χ1) is 13.4. The quantitative estimate of drug-likeness (QED) is 0.809. The van der Waals surface area contributed by atoms with Crippen LogP contribution in [0, 0.1) is 0 Å². The number of nitrogens with zero attached hydrogens (tertiary/aromatic N) is 3. The van der Waals surface area contributed by atoms with Gasteiger partial charge in [-0.15, -0.1) is 0 Å². The number of fused-ring (bicyclic) bond motifs is 1. The van der Waals surface area contributed by atoms with Crippen molar-refractivity contribution in [1.82, 2.24) is 9.55 Å². The highest BCUT2D eigenvalue weighted by Crippen LogP contribution is 2.31. The predicted molar refractivity (Wildman–Crippen MR) is 109 cm³/mol. The number of amides is 2. The van der Waals surface area contributed by atoms with Crippen LogP contribution in [-0.4, -0.2) is 46.2 Å². The Bertz CT molecular complexity index is 907. The van der Waals surface area contributed by atoms with Crippen LogP contribution >= 0.6 is 0 Å². The summed E-state index contributed by atoms with van der Waals surface area (Å²) in [6.07, 6.45) is -1.64. The van der Waals surface area contributed by atoms with Gasteiger partial charge in [-0.2, -0.15) is 4.90 Å². The number of imidazole rings is 1. The molecule has 0 bridgehead atoms. The van der Waals surface area contributed by atoms with Gasteiger partial charge in [0.25, 0.3) is 0 Å². The Morgan fingerprint density at radius 3 is 2.10 bits per heavy atom. The van der Waals surface area contributed by atoms with E-state index in [-0.39, 0.29) is 6.04 Å². The number of carbonyl (C=O) groups is 2. The van der Waals surface area contributed by atoms with Crippen LogP contribution in [0.25, 0.3) is 11.0 Å². The van der Waals surface area contributed by atoms with Gasteiger partial charge in [-0.3, -0.25) is 0 Å². The van der Waals surface area contributed by atoms with Gasteiger partial charge in [-0.1, -0.05) is 0 Å². The van der Waals surface area contributed by atoms with Crippen LogP contribution in [0.3, 0.4) is 0 Å². The molecule has 1 aromatic carbocycles. The SMILES string of the molecule is CC(C)(C)OC(=O)N(C(=O)OC(C)(C)C)c1ccc2nc(N)n(C3COC3)c2c1. The van der Waals surface area contributed by atoms with E-state index in [4.69, 9.17) is 19.9 Å². The van der Waals surface area contributed by atoms with Gasteiger partial charge in [0.2, 0.25) is 5.95 Å². The van der Waals surface area contributed by atoms with Crippen LogP contribution in [0.2, 0.25) is 0 Å². The number of aromatic nitrogens is 2. The van der Waals surface area contributed by atoms with Crippen molar-refractivity contribution in [3.63, 3.8) is 0 Å². The van der Waals surface area contributed by atoms with Crippen molar-refractivity contribution in [2.75, 3.05) is 23.8 Å². The monoisotopic (exact) mass is 404 g/mol. The summed E-state index contributed by atoms with van der Waals surface area (Å²) in [7, 11) is 0. The molecule has 2 aromatic rings. The van der Waals surface area contributed by atoms with Gasteiger partial charge in [0, 0.05) is 0 Å². The fourth-order valence-corrected chi connectivity index (χ4v) is 2.90. The van der Waals surface area contributed by atoms with Gasteiger partial charge in [0.1, 0.15) is 11.2 Å². The van der Waals surface area contributed by atoms with Crippen molar-refractivity contribution in [1.29, 1.82) is 0 Å². The van der Waals surface area contributed by atoms with Gasteiger partial charge in [-0.05, 0) is 59.7 Å². The van der Waals surface area contributed by atoms with Crippen LogP contribution in [-0.2, 0) is 14.2 Å². The Morgan fingerprint density at radius 1 is 1.10 bits per heavy atom. The largest absolute Gasteiger partial charge is 0.443 e. The summed E-state index contributed by atoms with van der Waals surface area (Å²) < 4.78 is 18.0. The summed E-state index contributed by atoms with van der Waals surface area (Å²) in [5.41, 5.74) is 6.18. The average Bonchev–Trinajstić information content (AvgIpc) is 2.78. The second-order valence-electron chi connectivity index (χ2n) is 9.00. The minimum Gasteiger partial charge on any atom is -0.443 e. The van der Waals surface area contributed by atoms with E-state index in [2.05, 4.69) is 4.98 Å². The smallest absolute Gasteiger partial charge is 0.424 e. The van der Waals surface area contributed by atoms with Crippen molar-refractivity contribution in [2.45, 2.75) is 58.8 Å². The molecule has 0 spiro atoms. The lowest BCUT2D eigenvalue weighted by atomic mass is 10.2. The Kier molecular flexibility index (Phi) is 5.20. The van der Waals surface area contributed by atoms with Gasteiger partial charge < -0.3 is 24.5 Å². The van der Waals surface area contributed by atoms with E-state index in [1.807, 2.05) is 4.57 Å². The molecule has 9 heteroatoms. The van der Waals surface area contributed by atoms with Gasteiger partial charge in [0.05, 0.1) is 36.0 Å². The average molecular weight is 404 g/mol. The standard InChI is InChI=1S/C20H28N4O5/c1-19(2,3)28-17(25)24(18(26)29-20(4,5)6)12-7-8-14-15(9-12)23(16(21)22-14)13-10-27-11-13/h7-9,13H,10-11H2,1-6H3,(H2,21,22). The summed E-state index contributed by atoms with van der Waals surface area (Å²) in [5.74, 6) is 0.353. The van der Waals surface area contributed by atoms with Crippen molar-refractivity contribution in [2.24, 2.45) is 0 Å². The van der Waals surface area contributed by atoms with Crippen molar-refractivity contribution in [3.8, 4) is 0 Å². The number of nitrogen functional groups attached to an aromatic ring is 1. The number of imide groups is 1. The normalized spacial score (nSPS) is 15.1. The predicted octanol–water partition coefficient (Wildman–Crippen LogP) is 3.87. The van der Waals surface area contributed by atoms with E-state index in [1.165, 1.54) is 0 Å². The molecule has 2 amide bonds. The fraction of sp³-hybridized carbons (Fsp3) is 0.550. The number of rotatable bonds is 2. The zero-order valence-electron chi connectivity index (χ0n) is 17.7. The Labute approximate surface area is 169 Å². The second-order valence-corrected chi connectivity index (χ2v) is 9.00. The Hall–Kier alpha value is -2.81. The summed E-state index contributed by atoms with van der Waals surface area (Å²) >= 11 is 0. The lowest BCUT2D eigenvalue weighted by Crippen LogP contribution is -2.43. The molecule has 1 saturated heterocycles. The number of carbonyl (C=O) groups excluding carboxylic acids is 2. The molecule has 29 heavy (non-hydrogen) atoms. The van der Waals surface area contributed by atoms with Crippen LogP contribution in [0.5, 0.6) is 0 Å². The number of hydrogen-bond donors (Lipinski definition) is 1. The first kappa shape index (κ1) is 20.9. The molecular weight excluding hydrogens is 376 g/mol. The minimum absolute atomic E-state index is 0.0618. The molecule has 0 radical (unpaired) electrons. The fourth-order valence-electron chi connectivity index (χ4n) is 2.90. The maximum atomic E-state index is 12.8. The first-order valence-corrected chi connectivity index (χ1v) is 9.47. The third-order valence-electron chi connectivity index (χ3n) is 4.10. The highest BCUT2D eigenvalue weighted by Gasteiger charge is 2.33. The lowest BCUT2D eigenvalue weighted by molar-refractivity contribution is -0.0206. The number of ether oxygens (including phenoxy) is 3. The molecule has 1 aliphatic rings. The molecule has 2 N–H and O–H groups in total. The molecule has 0 saturated carbocycles. The van der Waals surface area contributed by atoms with Crippen LogP contribution in [0.4, 0.5) is 21.2 Å². The van der Waals surface area contributed by atoms with Crippen LogP contribution in [0.15, 0.2) is 18.2 Å². The lowest BCUT2D eigenvalue weighted by Gasteiger charge is -2.29. The third kappa shape index (κ3) is 4.61. The van der Waals surface area contributed by atoms with Crippen molar-refractivity contribution >= 4 is 34.9 Å². The third-order valence-corrected chi connectivity index (χ3v) is 4.10. The zero-order valence-corrected chi connectivity index (χ0v) is 17.7. The maximum Gasteiger partial charge on any atom is 0.424 e. The van der Waals surface area contributed by atoms with E-state index >= 15 is 0 Å². The molecule has 9 nitrogen and oxygen atoms in total. The van der Waals surface area contributed by atoms with Gasteiger partial charge in [-0.25, -0.2) is 14.6 Å². The molecule has 0 aliphatic carbocycles. The topological polar surface area (TPSA) is 109 Å². The van der Waals surface area contributed by atoms with Gasteiger partial charge in [0.15, 0.2) is 0 Å². The zero-order chi connectivity index (χ0) is 21.6. The van der Waals surface area contributed by atoms with Crippen molar-refractivity contribution in [3.05, 3.63) is 18.2 Å². The summed E-state index contributed by atoms with van der Waals surface area (Å²) in [6.45, 7) is 11.4. The molecule has 0 unspecified atom stereocenters. The highest BCUT2D eigenvalue weighted by molar-refractivity contribution is 6.10. The molecule has 158 valence electrons. The second kappa shape index (κ2) is 7.22. The van der Waals surface area contributed by atoms with E-state index in [9.17, 15) is 9.59 Å². The molecule has 1 aromatic heterocycles. The summed E-state index contributed by atoms with van der Waals surface area (Å²) in [6, 6.07) is 5.07. The number of nitrogens with two attached hydrogens (primary N) is 1. The molecule has 1 aliphatic heterocycles. The number of hydrogen-bond acceptors (Lipinski definition) is 7. The molecule has 0 atom stereocenters. The van der Waals surface area contributed by atoms with E-state index in [1.54, 1.807) is 59.7 Å². The highest BCUT2D eigenvalue weighted by atomic mass is 16.6. The summed E-state index contributed by atoms with van der Waals surface area (Å²) in [4.78, 5) is 30.9. The van der Waals surface area contributed by atoms with E-state index < -0.39 is 23.4 Å². The van der Waals surface area contributed by atoms with Crippen LogP contribution in [0.1, 0.15) is 47.6 Å². The molecule has 1 fully saturated rings. The number of anilines is 2. The number of benzene rings is 1. The minimum atomic E-state index is -0.822. The molecular formula is C20H28N4O5. The van der Waals surface area contributed by atoms with E-state index in [0.717, 1.165) is 4.90 Å². The van der Waals surface area contributed by atoms with E-state index in [0.29, 0.717) is 35.9 Å². The molecule has 3 rings (SSSR count). The maximum absolute atomic E-state index is 12.8. The van der Waals surface area contributed by atoms with Crippen molar-refractivity contribution < 1.29 is 23.8 Å². The van der Waals surface area contributed by atoms with Gasteiger partial charge >= 0.3 is 12.2 Å². The first-order valence-electron chi connectivity index (χ1n) is 9.47. The van der Waals surface area contributed by atoms with Crippen LogP contribution < -0.4 is 10.6 Å². The Morgan fingerprint density at radius 2 is 1.66 bits per heavy atom. The molecule has 2 heterocycles.